The van der Waals surface area contributed by atoms with E-state index in [0.717, 1.165) is 35.7 Å². The summed E-state index contributed by atoms with van der Waals surface area (Å²) in [5.41, 5.74) is 0.940. The fourth-order valence-electron chi connectivity index (χ4n) is 10.1. The minimum Gasteiger partial charge on any atom is -0.508 e. The van der Waals surface area contributed by atoms with E-state index in [9.17, 15) is 32.7 Å². The molecule has 0 radical (unpaired) electrons. The number of rotatable bonds is 30. The number of alkyl halides is 3. The van der Waals surface area contributed by atoms with Crippen molar-refractivity contribution in [2.75, 3.05) is 53.4 Å². The average Bonchev–Trinajstić information content (AvgIpc) is 1.61. The number of hydrogen-bond acceptors (Lipinski definition) is 24. The molecule has 3 aromatic heterocycles. The first-order chi connectivity index (χ1) is 55.8. The van der Waals surface area contributed by atoms with Crippen LogP contribution >= 0.6 is 58.0 Å². The van der Waals surface area contributed by atoms with E-state index in [2.05, 4.69) is 41.1 Å². The van der Waals surface area contributed by atoms with Crippen molar-refractivity contribution in [2.45, 2.75) is 130 Å². The van der Waals surface area contributed by atoms with Gasteiger partial charge in [0.2, 0.25) is 17.1 Å². The molecule has 29 nitrogen and oxygen atoms in total. The summed E-state index contributed by atoms with van der Waals surface area (Å²) in [7, 11) is 1.20. The molecule has 1 saturated heterocycles. The van der Waals surface area contributed by atoms with Gasteiger partial charge < -0.3 is 76.7 Å². The lowest BCUT2D eigenvalue weighted by molar-refractivity contribution is -0.192. The molecule has 0 bridgehead atoms. The summed E-state index contributed by atoms with van der Waals surface area (Å²) in [5, 5.41) is 54.9. The van der Waals surface area contributed by atoms with Gasteiger partial charge in [0, 0.05) is 49.4 Å². The summed E-state index contributed by atoms with van der Waals surface area (Å²) in [4.78, 5) is 44.1. The number of carbonyl (C=O) groups is 4. The van der Waals surface area contributed by atoms with Crippen LogP contribution < -0.4 is 48.1 Å². The minimum absolute atomic E-state index is 0.0132. The Kier molecular flexibility index (Phi) is 31.5. The van der Waals surface area contributed by atoms with Gasteiger partial charge in [0.1, 0.15) is 57.5 Å². The number of carbonyl (C=O) groups excluding carboxylic acids is 2. The van der Waals surface area contributed by atoms with Crippen LogP contribution in [0.25, 0.3) is 0 Å². The lowest BCUT2D eigenvalue weighted by Crippen LogP contribution is -2.41. The number of nitrogens with zero attached hydrogens (tertiary/aromatic N) is 7. The number of aromatic amines is 2. The number of ether oxygens (including phenoxy) is 11. The first kappa shape index (κ1) is 89.2. The molecule has 5 N–H and O–H groups in total. The van der Waals surface area contributed by atoms with Crippen LogP contribution in [-0.2, 0) is 30.1 Å². The number of methoxy groups -OCH3 is 1. The maximum atomic E-state index is 12.4. The number of esters is 2. The number of carboxylic acids is 2. The van der Waals surface area contributed by atoms with Gasteiger partial charge in [0.05, 0.1) is 71.1 Å². The van der Waals surface area contributed by atoms with E-state index in [1.165, 1.54) is 75.0 Å². The third kappa shape index (κ3) is 29.2. The Morgan fingerprint density at radius 3 is 1.26 bits per heavy atom. The van der Waals surface area contributed by atoms with Gasteiger partial charge in [-0.05, 0) is 225 Å². The van der Waals surface area contributed by atoms with Crippen molar-refractivity contribution in [2.24, 2.45) is 29.6 Å². The molecule has 9 aromatic rings. The zero-order valence-corrected chi connectivity index (χ0v) is 68.4. The molecular weight excluding hydrogens is 1640 g/mol. The highest BCUT2D eigenvalue weighted by Gasteiger charge is 2.52. The number of phenols is 1. The topological polar surface area (TPSA) is 363 Å². The standard InChI is InChI=1S/C23H24ClN3O5.C16H22BClO3.C15H16ClN3O4.C13H12ClN3O4.C10H11ClO2.C2HF3O2/c1-3-30-23(28)21-22(27(26-25-21)13-15-6-8-18(29-2)9-7-15)32-20-11-17(24)10-19(12-20)31-14-16-4-5-16;1-15(2)16(3,4)21-17(20-15)12-7-13(18)9-14(8-12)19-10-11-5-6-11;1-2-21-15(20)13-14(18-19-17-13)23-12-6-10(16)5-11(7-12)22-8-9-3-4-9;14-8-3-9(20-6-7-1-2-7)5-10(4-8)21-12-11(13(18)19)15-17-16-12;11-8-3-9(12)5-10(4-8)13-6-7-1-2-7;3-2(4,5)1(6)7/h6-12,16H,3-5,13-14H2,1-2H3;7-9,11H,5-6,10H2,1-4H3;5-7,9H,2-4,8H2,1H3,(H,17,18,19);3-5,7H,1-2,6H2,(H,18,19)(H,15,16,17);3-5,7,12H,1-2,6H2;(H,6,7). The van der Waals surface area contributed by atoms with Crippen LogP contribution in [0.2, 0.25) is 25.1 Å². The summed E-state index contributed by atoms with van der Waals surface area (Å²) in [5.74, 6) is 3.44. The summed E-state index contributed by atoms with van der Waals surface area (Å²) in [6, 6.07) is 33.0. The molecule has 6 fully saturated rings. The van der Waals surface area contributed by atoms with E-state index in [-0.39, 0.29) is 64.9 Å². The Bertz CT molecular complexity index is 4800. The SMILES string of the molecule is CC1(C)OB(c2cc(Cl)cc(OCC3CC3)c2)OC1(C)C.CCOC(=O)c1[nH]nnc1Oc1cc(Cl)cc(OCC2CC2)c1.CCOC(=O)c1nnn(Cc2ccc(OC)cc2)c1Oc1cc(Cl)cc(OCC2CC2)c1.O=C(O)C(F)(F)F.O=C(O)c1[nH]nnc1Oc1cc(Cl)cc(OCC2CC2)c1.Oc1cc(Cl)cc(OCC2CC2)c1. The number of benzene rings is 6. The number of phenolic OH excluding ortho intramolecular Hbond substituents is 1. The number of carboxylic acid groups (broad SMARTS) is 2. The Labute approximate surface area is 696 Å². The summed E-state index contributed by atoms with van der Waals surface area (Å²) in [6.45, 7) is 15.8. The van der Waals surface area contributed by atoms with Crippen LogP contribution in [0.4, 0.5) is 13.2 Å². The lowest BCUT2D eigenvalue weighted by Gasteiger charge is -2.32. The third-order valence-electron chi connectivity index (χ3n) is 18.0. The largest absolute Gasteiger partial charge is 0.508 e. The molecule has 0 spiro atoms. The van der Waals surface area contributed by atoms with Gasteiger partial charge >= 0.3 is 37.2 Å². The number of aliphatic carboxylic acids is 1. The summed E-state index contributed by atoms with van der Waals surface area (Å²) >= 11 is 30.3. The van der Waals surface area contributed by atoms with Gasteiger partial charge in [-0.15, -0.1) is 5.10 Å². The van der Waals surface area contributed by atoms with Crippen LogP contribution in [0.5, 0.6) is 75.1 Å². The second kappa shape index (κ2) is 41.3. The molecule has 0 atom stereocenters. The van der Waals surface area contributed by atoms with Crippen molar-refractivity contribution >= 4 is 94.5 Å². The van der Waals surface area contributed by atoms with Gasteiger partial charge in [0.25, 0.3) is 17.6 Å². The molecular formula is C79H86BCl5F3N9O20. The second-order valence-corrected chi connectivity index (χ2v) is 30.9. The van der Waals surface area contributed by atoms with Gasteiger partial charge in [-0.3, -0.25) is 0 Å². The number of aromatic hydroxyl groups is 1. The minimum atomic E-state index is -5.08. The summed E-state index contributed by atoms with van der Waals surface area (Å²) < 4.78 is 106. The molecule has 5 saturated carbocycles. The number of aromatic nitrogens is 9. The van der Waals surface area contributed by atoms with Gasteiger partial charge in [-0.1, -0.05) is 96.0 Å². The molecule has 626 valence electrons. The zero-order valence-electron chi connectivity index (χ0n) is 64.6. The quantitative estimate of drug-likeness (QED) is 0.0206. The molecule has 4 heterocycles. The monoisotopic (exact) mass is 1720 g/mol. The molecule has 5 aliphatic carbocycles. The predicted molar refractivity (Wildman–Crippen MR) is 423 cm³/mol. The molecule has 0 amide bonds. The van der Waals surface area contributed by atoms with Crippen LogP contribution in [0.1, 0.15) is 143 Å². The Morgan fingerprint density at radius 2 is 0.872 bits per heavy atom. The lowest BCUT2D eigenvalue weighted by atomic mass is 9.79. The van der Waals surface area contributed by atoms with E-state index in [1.807, 2.05) is 70.2 Å². The van der Waals surface area contributed by atoms with Crippen LogP contribution in [-0.4, -0.2) is 163 Å². The zero-order chi connectivity index (χ0) is 84.1. The number of aromatic carboxylic acids is 1. The van der Waals surface area contributed by atoms with Crippen LogP contribution in [0, 0.1) is 29.6 Å². The third-order valence-corrected chi connectivity index (χ3v) is 19.1. The highest BCUT2D eigenvalue weighted by Crippen LogP contribution is 2.41. The molecule has 117 heavy (non-hydrogen) atoms. The maximum absolute atomic E-state index is 12.4. The summed E-state index contributed by atoms with van der Waals surface area (Å²) in [6.07, 6.45) is 7.10. The Morgan fingerprint density at radius 1 is 0.504 bits per heavy atom. The fourth-order valence-corrected chi connectivity index (χ4v) is 11.2. The number of halogens is 8. The second-order valence-electron chi connectivity index (χ2n) is 28.7. The number of hydrogen-bond donors (Lipinski definition) is 5. The van der Waals surface area contributed by atoms with Crippen LogP contribution in [0.3, 0.4) is 0 Å². The van der Waals surface area contributed by atoms with E-state index in [0.29, 0.717) is 121 Å². The average molecular weight is 1730 g/mol. The number of H-pyrrole nitrogens is 2. The molecule has 6 aromatic carbocycles. The van der Waals surface area contributed by atoms with E-state index in [1.54, 1.807) is 87.7 Å². The van der Waals surface area contributed by atoms with Gasteiger partial charge in [-0.2, -0.15) is 13.2 Å². The van der Waals surface area contributed by atoms with E-state index < -0.39 is 37.2 Å². The molecule has 0 unspecified atom stereocenters. The Balaban J connectivity index is 0.000000154. The first-order valence-corrected chi connectivity index (χ1v) is 39.2. The maximum Gasteiger partial charge on any atom is 0.495 e. The van der Waals surface area contributed by atoms with Crippen molar-refractivity contribution in [1.29, 1.82) is 0 Å². The molecule has 6 aliphatic rings. The van der Waals surface area contributed by atoms with Crippen molar-refractivity contribution in [3.05, 3.63) is 163 Å². The fraction of sp³-hybridized carbons (Fsp3) is 0.418. The highest BCUT2D eigenvalue weighted by molar-refractivity contribution is 6.62. The first-order valence-electron chi connectivity index (χ1n) is 37.3. The molecule has 15 rings (SSSR count). The van der Waals surface area contributed by atoms with E-state index >= 15 is 0 Å². The number of nitrogens with one attached hydrogen (secondary N) is 2. The Hall–Kier alpha value is -10.2. The molecule has 1 aliphatic heterocycles. The predicted octanol–water partition coefficient (Wildman–Crippen LogP) is 17.6. The van der Waals surface area contributed by atoms with Crippen molar-refractivity contribution in [1.82, 2.24) is 45.8 Å². The molecule has 38 heteroatoms. The smallest absolute Gasteiger partial charge is 0.495 e. The van der Waals surface area contributed by atoms with Crippen LogP contribution in [0.15, 0.2) is 115 Å². The van der Waals surface area contributed by atoms with E-state index in [4.69, 9.17) is 134 Å². The van der Waals surface area contributed by atoms with Crippen molar-refractivity contribution in [3.63, 3.8) is 0 Å². The van der Waals surface area contributed by atoms with Gasteiger partial charge in [-0.25, -0.2) is 34.1 Å². The highest BCUT2D eigenvalue weighted by atomic mass is 35.5. The normalized spacial score (nSPS) is 15.4. The van der Waals surface area contributed by atoms with Crippen molar-refractivity contribution in [3.8, 4) is 75.1 Å². The van der Waals surface area contributed by atoms with Crippen molar-refractivity contribution < 1.29 is 109 Å². The van der Waals surface area contributed by atoms with Gasteiger partial charge in [0.15, 0.2) is 0 Å².